The molecule has 0 saturated carbocycles. The second-order valence-electron chi connectivity index (χ2n) is 1.37. The highest BCUT2D eigenvalue weighted by Gasteiger charge is 1.80. The van der Waals surface area contributed by atoms with E-state index < -0.39 is 5.97 Å². The molecule has 0 aromatic rings. The van der Waals surface area contributed by atoms with E-state index in [1.54, 1.807) is 6.92 Å². The smallest absolute Gasteiger partial charge is 0.303 e. The predicted octanol–water partition coefficient (Wildman–Crippen LogP) is -0.117. The van der Waals surface area contributed by atoms with E-state index in [-0.39, 0.29) is 18.1 Å². The van der Waals surface area contributed by atoms with Crippen LogP contribution in [0.15, 0.2) is 0 Å². The number of amides is 1. The molecular formula is C5H11NO3S. The highest BCUT2D eigenvalue weighted by atomic mass is 32.1. The van der Waals surface area contributed by atoms with E-state index in [1.807, 2.05) is 0 Å². The molecule has 0 aromatic heterocycles. The molecule has 60 valence electrons. The van der Waals surface area contributed by atoms with E-state index in [4.69, 9.17) is 5.11 Å². The Morgan fingerprint density at radius 2 is 1.80 bits per heavy atom. The zero-order valence-corrected chi connectivity index (χ0v) is 6.60. The fraction of sp³-hybridized carbons (Fsp3) is 0.600. The zero-order chi connectivity index (χ0) is 8.57. The van der Waals surface area contributed by atoms with Crippen molar-refractivity contribution in [3.63, 3.8) is 0 Å². The number of primary amides is 1. The van der Waals surface area contributed by atoms with Crippen molar-refractivity contribution >= 4 is 24.5 Å². The number of carboxylic acid groups (broad SMARTS) is 1. The largest absolute Gasteiger partial charge is 0.481 e. The lowest BCUT2D eigenvalue weighted by Gasteiger charge is -1.72. The molecule has 0 aromatic carbocycles. The van der Waals surface area contributed by atoms with E-state index >= 15 is 0 Å². The van der Waals surface area contributed by atoms with Gasteiger partial charge in [-0.15, -0.1) is 0 Å². The molecule has 0 fully saturated rings. The molecule has 0 spiro atoms. The Hall–Kier alpha value is -0.710. The number of nitrogens with two attached hydrogens (primary N) is 1. The second-order valence-corrected chi connectivity index (χ2v) is 1.69. The summed E-state index contributed by atoms with van der Waals surface area (Å²) in [6.45, 7) is 1.60. The number of hydrogen-bond donors (Lipinski definition) is 3. The topological polar surface area (TPSA) is 80.4 Å². The highest BCUT2D eigenvalue weighted by Crippen LogP contribution is 1.67. The molecule has 0 bridgehead atoms. The monoisotopic (exact) mass is 165 g/mol. The summed E-state index contributed by atoms with van der Waals surface area (Å²) in [4.78, 5) is 18.9. The molecule has 5 heteroatoms. The third-order valence-electron chi connectivity index (χ3n) is 0.458. The van der Waals surface area contributed by atoms with Crippen LogP contribution in [-0.4, -0.2) is 22.7 Å². The third-order valence-corrected chi connectivity index (χ3v) is 0.770. The molecule has 0 aliphatic heterocycles. The summed E-state index contributed by atoms with van der Waals surface area (Å²) in [5, 5.41) is 7.72. The number of carbonyl (C=O) groups excluding carboxylic acids is 1. The molecule has 0 aliphatic carbocycles. The molecule has 10 heavy (non-hydrogen) atoms. The van der Waals surface area contributed by atoms with Crippen LogP contribution in [0.2, 0.25) is 0 Å². The normalized spacial score (nSPS) is 7.40. The molecule has 0 unspecified atom stereocenters. The van der Waals surface area contributed by atoms with E-state index in [1.165, 1.54) is 0 Å². The zero-order valence-electron chi connectivity index (χ0n) is 5.70. The highest BCUT2D eigenvalue weighted by molar-refractivity contribution is 7.81. The maximum atomic E-state index is 9.51. The van der Waals surface area contributed by atoms with Gasteiger partial charge >= 0.3 is 5.97 Å². The van der Waals surface area contributed by atoms with Crippen molar-refractivity contribution in [2.75, 3.05) is 5.75 Å². The molecule has 0 atom stereocenters. The Bertz CT molecular complexity index is 101. The fourth-order valence-electron chi connectivity index (χ4n) is 0. The van der Waals surface area contributed by atoms with Crippen LogP contribution in [0.3, 0.4) is 0 Å². The summed E-state index contributed by atoms with van der Waals surface area (Å²) in [7, 11) is 0. The van der Waals surface area contributed by atoms with Gasteiger partial charge < -0.3 is 10.8 Å². The number of carboxylic acids is 1. The van der Waals surface area contributed by atoms with Crippen molar-refractivity contribution in [2.45, 2.75) is 13.3 Å². The lowest BCUT2D eigenvalue weighted by Crippen LogP contribution is -2.10. The molecule has 0 rings (SSSR count). The van der Waals surface area contributed by atoms with Crippen molar-refractivity contribution in [2.24, 2.45) is 5.73 Å². The lowest BCUT2D eigenvalue weighted by atomic mass is 10.5. The Balaban J connectivity index is 0. The summed E-state index contributed by atoms with van der Waals surface area (Å²) < 4.78 is 0. The van der Waals surface area contributed by atoms with Gasteiger partial charge in [0.2, 0.25) is 5.91 Å². The number of rotatable bonds is 2. The van der Waals surface area contributed by atoms with Gasteiger partial charge in [0.15, 0.2) is 0 Å². The third kappa shape index (κ3) is 26.6. The number of hydrogen-bond acceptors (Lipinski definition) is 3. The molecule has 3 N–H and O–H groups in total. The molecule has 4 nitrogen and oxygen atoms in total. The van der Waals surface area contributed by atoms with E-state index in [2.05, 4.69) is 18.4 Å². The number of aliphatic carboxylic acids is 1. The minimum atomic E-state index is -0.745. The van der Waals surface area contributed by atoms with Crippen LogP contribution in [-0.2, 0) is 9.59 Å². The first-order valence-corrected chi connectivity index (χ1v) is 3.28. The summed E-state index contributed by atoms with van der Waals surface area (Å²) >= 11 is 3.54. The Morgan fingerprint density at radius 1 is 1.60 bits per heavy atom. The van der Waals surface area contributed by atoms with Gasteiger partial charge in [-0.1, -0.05) is 6.92 Å². The van der Waals surface area contributed by atoms with E-state index in [9.17, 15) is 9.59 Å². The maximum absolute atomic E-state index is 9.51. The van der Waals surface area contributed by atoms with Crippen molar-refractivity contribution in [3.05, 3.63) is 0 Å². The second kappa shape index (κ2) is 8.29. The molecule has 0 heterocycles. The first-order chi connectivity index (χ1) is 4.54. The van der Waals surface area contributed by atoms with Gasteiger partial charge in [-0.3, -0.25) is 9.59 Å². The first kappa shape index (κ1) is 12.0. The van der Waals surface area contributed by atoms with Crippen LogP contribution < -0.4 is 5.73 Å². The van der Waals surface area contributed by atoms with Crippen LogP contribution in [0.25, 0.3) is 0 Å². The fourth-order valence-corrected chi connectivity index (χ4v) is 0. The quantitative estimate of drug-likeness (QED) is 0.499. The predicted molar refractivity (Wildman–Crippen MR) is 41.0 cm³/mol. The van der Waals surface area contributed by atoms with Crippen LogP contribution >= 0.6 is 12.6 Å². The van der Waals surface area contributed by atoms with Crippen molar-refractivity contribution in [3.8, 4) is 0 Å². The maximum Gasteiger partial charge on any atom is 0.303 e. The SMILES string of the molecule is CCC(=O)O.NC(=O)CS. The first-order valence-electron chi connectivity index (χ1n) is 2.65. The van der Waals surface area contributed by atoms with Gasteiger partial charge in [0, 0.05) is 6.42 Å². The molecule has 0 radical (unpaired) electrons. The summed E-state index contributed by atoms with van der Waals surface area (Å²) in [6, 6.07) is 0. The van der Waals surface area contributed by atoms with E-state index in [0.29, 0.717) is 0 Å². The Labute approximate surface area is 64.8 Å². The van der Waals surface area contributed by atoms with Crippen molar-refractivity contribution < 1.29 is 14.7 Å². The average molecular weight is 165 g/mol. The van der Waals surface area contributed by atoms with Crippen LogP contribution in [0.4, 0.5) is 0 Å². The molecular weight excluding hydrogens is 154 g/mol. The standard InChI is InChI=1S/C3H6O2.C2H5NOS/c1-2-3(4)5;3-2(4)1-5/h2H2,1H3,(H,4,5);5H,1H2,(H2,3,4). The Kier molecular flexibility index (Phi) is 9.96. The molecule has 1 amide bonds. The average Bonchev–Trinajstić information content (AvgIpc) is 1.89. The summed E-state index contributed by atoms with van der Waals surface area (Å²) in [6.07, 6.45) is 0.222. The summed E-state index contributed by atoms with van der Waals surface area (Å²) in [5.41, 5.74) is 4.58. The van der Waals surface area contributed by atoms with Crippen molar-refractivity contribution in [1.82, 2.24) is 0 Å². The van der Waals surface area contributed by atoms with Gasteiger partial charge in [-0.2, -0.15) is 12.6 Å². The minimum Gasteiger partial charge on any atom is -0.481 e. The van der Waals surface area contributed by atoms with Gasteiger partial charge in [0.05, 0.1) is 5.75 Å². The van der Waals surface area contributed by atoms with Crippen molar-refractivity contribution in [1.29, 1.82) is 0 Å². The van der Waals surface area contributed by atoms with Crippen LogP contribution in [0.1, 0.15) is 13.3 Å². The Morgan fingerprint density at radius 3 is 1.80 bits per heavy atom. The number of thiol groups is 1. The lowest BCUT2D eigenvalue weighted by molar-refractivity contribution is -0.136. The minimum absolute atomic E-state index is 0.139. The van der Waals surface area contributed by atoms with Gasteiger partial charge in [0.1, 0.15) is 0 Å². The molecule has 0 saturated heterocycles. The number of carbonyl (C=O) groups is 2. The van der Waals surface area contributed by atoms with Gasteiger partial charge in [-0.25, -0.2) is 0 Å². The van der Waals surface area contributed by atoms with Gasteiger partial charge in [0.25, 0.3) is 0 Å². The van der Waals surface area contributed by atoms with Gasteiger partial charge in [-0.05, 0) is 0 Å². The van der Waals surface area contributed by atoms with E-state index in [0.717, 1.165) is 0 Å². The molecule has 0 aliphatic rings. The van der Waals surface area contributed by atoms with Crippen LogP contribution in [0.5, 0.6) is 0 Å². The van der Waals surface area contributed by atoms with Crippen LogP contribution in [0, 0.1) is 0 Å². The summed E-state index contributed by atoms with van der Waals surface area (Å²) in [5.74, 6) is -0.988.